The standard InChI is InChI=1S/C17H18BrClFN5O3/c1-11-16(18)17(25(27)28)21-24(11)10-15(26)23-7-5-22(6-8-23)9-12-13(19)3-2-4-14(12)20/h2-4H,5-10H2,1H3. The summed E-state index contributed by atoms with van der Waals surface area (Å²) in [4.78, 5) is 26.7. The van der Waals surface area contributed by atoms with Gasteiger partial charge in [0.2, 0.25) is 5.91 Å². The molecule has 1 aromatic heterocycles. The van der Waals surface area contributed by atoms with Gasteiger partial charge in [-0.05, 0) is 39.9 Å². The highest BCUT2D eigenvalue weighted by molar-refractivity contribution is 9.10. The first-order chi connectivity index (χ1) is 13.3. The monoisotopic (exact) mass is 473 g/mol. The molecule has 150 valence electrons. The van der Waals surface area contributed by atoms with Crippen molar-refractivity contribution in [1.82, 2.24) is 19.6 Å². The predicted octanol–water partition coefficient (Wildman–Crippen LogP) is 3.00. The molecule has 11 heteroatoms. The molecule has 0 bridgehead atoms. The lowest BCUT2D eigenvalue weighted by Gasteiger charge is -2.34. The van der Waals surface area contributed by atoms with Gasteiger partial charge in [-0.15, -0.1) is 0 Å². The van der Waals surface area contributed by atoms with Crippen LogP contribution >= 0.6 is 27.5 Å². The van der Waals surface area contributed by atoms with E-state index in [-0.39, 0.29) is 28.6 Å². The Hall–Kier alpha value is -2.04. The van der Waals surface area contributed by atoms with Gasteiger partial charge in [0.25, 0.3) is 0 Å². The summed E-state index contributed by atoms with van der Waals surface area (Å²) in [5.41, 5.74) is 0.973. The molecule has 0 N–H and O–H groups in total. The SMILES string of the molecule is Cc1c(Br)c([N+](=O)[O-])nn1CC(=O)N1CCN(Cc2c(F)cccc2Cl)CC1. The van der Waals surface area contributed by atoms with E-state index in [1.807, 2.05) is 4.90 Å². The summed E-state index contributed by atoms with van der Waals surface area (Å²) < 4.78 is 15.5. The van der Waals surface area contributed by atoms with E-state index in [1.54, 1.807) is 24.0 Å². The van der Waals surface area contributed by atoms with Gasteiger partial charge in [0.15, 0.2) is 0 Å². The molecule has 3 rings (SSSR count). The van der Waals surface area contributed by atoms with E-state index in [9.17, 15) is 19.3 Å². The van der Waals surface area contributed by atoms with E-state index >= 15 is 0 Å². The topological polar surface area (TPSA) is 84.5 Å². The van der Waals surface area contributed by atoms with E-state index < -0.39 is 4.92 Å². The van der Waals surface area contributed by atoms with E-state index in [1.165, 1.54) is 10.7 Å². The number of piperazine rings is 1. The Labute approximate surface area is 174 Å². The normalized spacial score (nSPS) is 15.1. The predicted molar refractivity (Wildman–Crippen MR) is 105 cm³/mol. The first-order valence-electron chi connectivity index (χ1n) is 8.58. The summed E-state index contributed by atoms with van der Waals surface area (Å²) in [5.74, 6) is -0.819. The average molecular weight is 475 g/mol. The fraction of sp³-hybridized carbons (Fsp3) is 0.412. The maximum Gasteiger partial charge on any atom is 0.404 e. The van der Waals surface area contributed by atoms with E-state index in [2.05, 4.69) is 21.0 Å². The summed E-state index contributed by atoms with van der Waals surface area (Å²) in [6.07, 6.45) is 0. The minimum Gasteiger partial charge on any atom is -0.358 e. The zero-order valence-electron chi connectivity index (χ0n) is 15.1. The van der Waals surface area contributed by atoms with Gasteiger partial charge in [0.1, 0.15) is 16.8 Å². The molecule has 0 atom stereocenters. The molecule has 8 nitrogen and oxygen atoms in total. The van der Waals surface area contributed by atoms with Crippen molar-refractivity contribution in [2.24, 2.45) is 0 Å². The van der Waals surface area contributed by atoms with E-state index in [0.717, 1.165) is 0 Å². The Kier molecular flexibility index (Phi) is 6.31. The molecule has 1 fully saturated rings. The number of halogens is 3. The number of hydrogen-bond acceptors (Lipinski definition) is 5. The van der Waals surface area contributed by atoms with Crippen molar-refractivity contribution in [3.8, 4) is 0 Å². The summed E-state index contributed by atoms with van der Waals surface area (Å²) >= 11 is 9.22. The molecule has 2 aromatic rings. The van der Waals surface area contributed by atoms with Crippen LogP contribution in [0.1, 0.15) is 11.3 Å². The Bertz CT molecular complexity index is 894. The Balaban J connectivity index is 1.59. The molecule has 1 saturated heterocycles. The van der Waals surface area contributed by atoms with E-state index in [4.69, 9.17) is 11.6 Å². The molecule has 1 amide bonds. The van der Waals surface area contributed by atoms with Gasteiger partial charge in [-0.25, -0.2) is 4.39 Å². The van der Waals surface area contributed by atoms with Crippen molar-refractivity contribution in [2.75, 3.05) is 26.2 Å². The van der Waals surface area contributed by atoms with Crippen LogP contribution in [-0.4, -0.2) is 56.6 Å². The maximum absolute atomic E-state index is 13.9. The minimum atomic E-state index is -0.593. The van der Waals surface area contributed by atoms with Crippen molar-refractivity contribution >= 4 is 39.3 Å². The van der Waals surface area contributed by atoms with Crippen LogP contribution < -0.4 is 0 Å². The van der Waals surface area contributed by atoms with Crippen LogP contribution in [0.3, 0.4) is 0 Å². The molecule has 1 aliphatic rings. The third kappa shape index (κ3) is 4.34. The van der Waals surface area contributed by atoms with Crippen molar-refractivity contribution in [1.29, 1.82) is 0 Å². The highest BCUT2D eigenvalue weighted by atomic mass is 79.9. The second-order valence-corrected chi connectivity index (χ2v) is 7.70. The van der Waals surface area contributed by atoms with Gasteiger partial charge in [0.05, 0.1) is 10.8 Å². The van der Waals surface area contributed by atoms with Crippen molar-refractivity contribution in [3.05, 3.63) is 54.9 Å². The van der Waals surface area contributed by atoms with Gasteiger partial charge in [0, 0.05) is 43.3 Å². The molecule has 28 heavy (non-hydrogen) atoms. The number of amides is 1. The molecule has 0 unspecified atom stereocenters. The number of carbonyl (C=O) groups excluding carboxylic acids is 1. The molecule has 0 saturated carbocycles. The summed E-state index contributed by atoms with van der Waals surface area (Å²) in [6, 6.07) is 4.60. The number of aromatic nitrogens is 2. The zero-order chi connectivity index (χ0) is 20.4. The van der Waals surface area contributed by atoms with Crippen LogP contribution in [0, 0.1) is 22.9 Å². The van der Waals surface area contributed by atoms with Crippen molar-refractivity contribution in [3.63, 3.8) is 0 Å². The van der Waals surface area contributed by atoms with Gasteiger partial charge < -0.3 is 15.0 Å². The number of nitro groups is 1. The highest BCUT2D eigenvalue weighted by Crippen LogP contribution is 2.27. The van der Waals surface area contributed by atoms with Crippen LogP contribution in [0.15, 0.2) is 22.7 Å². The number of nitrogens with zero attached hydrogens (tertiary/aromatic N) is 5. The Morgan fingerprint density at radius 1 is 1.36 bits per heavy atom. The fourth-order valence-electron chi connectivity index (χ4n) is 3.07. The van der Waals surface area contributed by atoms with Crippen LogP contribution in [-0.2, 0) is 17.9 Å². The summed E-state index contributed by atoms with van der Waals surface area (Å²) in [6.45, 7) is 4.09. The smallest absolute Gasteiger partial charge is 0.358 e. The lowest BCUT2D eigenvalue weighted by molar-refractivity contribution is -0.390. The zero-order valence-corrected chi connectivity index (χ0v) is 17.4. The molecule has 2 heterocycles. The van der Waals surface area contributed by atoms with Crippen LogP contribution in [0.4, 0.5) is 10.2 Å². The molecule has 0 radical (unpaired) electrons. The second kappa shape index (κ2) is 8.54. The third-order valence-electron chi connectivity index (χ3n) is 4.74. The fourth-order valence-corrected chi connectivity index (χ4v) is 3.72. The molecule has 0 aliphatic carbocycles. The first kappa shape index (κ1) is 20.7. The molecular weight excluding hydrogens is 457 g/mol. The maximum atomic E-state index is 13.9. The second-order valence-electron chi connectivity index (χ2n) is 6.49. The van der Waals surface area contributed by atoms with Crippen LogP contribution in [0.2, 0.25) is 5.02 Å². The van der Waals surface area contributed by atoms with Gasteiger partial charge in [-0.2, -0.15) is 4.68 Å². The van der Waals surface area contributed by atoms with Crippen LogP contribution in [0.25, 0.3) is 0 Å². The van der Waals surface area contributed by atoms with Gasteiger partial charge >= 0.3 is 5.82 Å². The molecule has 1 aromatic carbocycles. The lowest BCUT2D eigenvalue weighted by Crippen LogP contribution is -2.49. The van der Waals surface area contributed by atoms with Crippen molar-refractivity contribution < 1.29 is 14.1 Å². The minimum absolute atomic E-state index is 0.0720. The average Bonchev–Trinajstić information content (AvgIpc) is 2.94. The van der Waals surface area contributed by atoms with Crippen LogP contribution in [0.5, 0.6) is 0 Å². The molecule has 1 aliphatic heterocycles. The third-order valence-corrected chi connectivity index (χ3v) is 6.03. The summed E-state index contributed by atoms with van der Waals surface area (Å²) in [5, 5.41) is 15.3. The summed E-state index contributed by atoms with van der Waals surface area (Å²) in [7, 11) is 0. The quantitative estimate of drug-likeness (QED) is 0.491. The first-order valence-corrected chi connectivity index (χ1v) is 9.75. The Morgan fingerprint density at radius 2 is 2.04 bits per heavy atom. The number of hydrogen-bond donors (Lipinski definition) is 0. The van der Waals surface area contributed by atoms with Gasteiger partial charge in [-0.1, -0.05) is 17.7 Å². The van der Waals surface area contributed by atoms with E-state index in [0.29, 0.717) is 49.0 Å². The lowest BCUT2D eigenvalue weighted by atomic mass is 10.2. The number of carbonyl (C=O) groups is 1. The van der Waals surface area contributed by atoms with Crippen molar-refractivity contribution in [2.45, 2.75) is 20.0 Å². The number of benzene rings is 1. The van der Waals surface area contributed by atoms with Gasteiger partial charge in [-0.3, -0.25) is 9.69 Å². The number of rotatable bonds is 5. The molecule has 0 spiro atoms. The Morgan fingerprint density at radius 3 is 2.61 bits per heavy atom. The molecular formula is C17H18BrClFN5O3. The largest absolute Gasteiger partial charge is 0.404 e. The highest BCUT2D eigenvalue weighted by Gasteiger charge is 2.27.